The Balaban J connectivity index is 0.00000243. The van der Waals surface area contributed by atoms with Gasteiger partial charge in [0, 0.05) is 20.1 Å². The van der Waals surface area contributed by atoms with Gasteiger partial charge in [-0.2, -0.15) is 0 Å². The first-order chi connectivity index (χ1) is 11.9. The molecule has 0 saturated carbocycles. The fourth-order valence-corrected chi connectivity index (χ4v) is 3.31. The number of aromatic hydroxyl groups is 1. The number of nitrogens with one attached hydrogen (secondary N) is 2. The molecular weight excluding hydrogens is 408 g/mol. The Kier molecular flexibility index (Phi) is 5.88. The van der Waals surface area contributed by atoms with Crippen LogP contribution in [0.1, 0.15) is 23.2 Å². The summed E-state index contributed by atoms with van der Waals surface area (Å²) in [6.07, 6.45) is 1.89. The molecule has 10 heteroatoms. The monoisotopic (exact) mass is 426 g/mol. The van der Waals surface area contributed by atoms with Crippen molar-refractivity contribution in [3.05, 3.63) is 48.9 Å². The zero-order valence-electron chi connectivity index (χ0n) is 14.0. The fourth-order valence-electron chi connectivity index (χ4n) is 2.77. The van der Waals surface area contributed by atoms with Gasteiger partial charge in [-0.05, 0) is 40.9 Å². The standard InChI is InChI=1S/C16H17BrN4O4.H2O/c1-20-16(25)11(17)12(14(23)19-20)18-10-6-4-5-9(13(10)22)15(24)21-7-2-3-8-21;/h4-6,18,22H,2-3,7-8H2,1H3,(H,19,23);1H2. The van der Waals surface area contributed by atoms with Gasteiger partial charge in [-0.1, -0.05) is 6.07 Å². The number of H-pyrrole nitrogens is 1. The van der Waals surface area contributed by atoms with Crippen LogP contribution in [0.25, 0.3) is 0 Å². The van der Waals surface area contributed by atoms with Gasteiger partial charge >= 0.3 is 0 Å². The highest BCUT2D eigenvalue weighted by atomic mass is 79.9. The van der Waals surface area contributed by atoms with Crippen LogP contribution in [0.15, 0.2) is 32.3 Å². The lowest BCUT2D eigenvalue weighted by molar-refractivity contribution is 0.0790. The van der Waals surface area contributed by atoms with E-state index in [1.54, 1.807) is 11.0 Å². The Labute approximate surface area is 156 Å². The van der Waals surface area contributed by atoms with Crippen molar-refractivity contribution in [2.45, 2.75) is 12.8 Å². The van der Waals surface area contributed by atoms with Crippen LogP contribution in [0.4, 0.5) is 11.4 Å². The molecule has 1 aromatic heterocycles. The zero-order valence-corrected chi connectivity index (χ0v) is 15.6. The summed E-state index contributed by atoms with van der Waals surface area (Å²) in [5.74, 6) is -0.512. The third-order valence-electron chi connectivity index (χ3n) is 4.13. The first-order valence-electron chi connectivity index (χ1n) is 7.77. The highest BCUT2D eigenvalue weighted by molar-refractivity contribution is 9.10. The molecule has 0 spiro atoms. The molecule has 1 aliphatic rings. The summed E-state index contributed by atoms with van der Waals surface area (Å²) in [5, 5.41) is 15.6. The topological polar surface area (TPSA) is 139 Å². The molecule has 2 heterocycles. The van der Waals surface area contributed by atoms with Gasteiger partial charge < -0.3 is 20.8 Å². The largest absolute Gasteiger partial charge is 0.505 e. The maximum absolute atomic E-state index is 12.5. The molecule has 0 unspecified atom stereocenters. The van der Waals surface area contributed by atoms with E-state index in [1.807, 2.05) is 0 Å². The number of aryl methyl sites for hydroxylation is 1. The predicted molar refractivity (Wildman–Crippen MR) is 100 cm³/mol. The van der Waals surface area contributed by atoms with E-state index in [4.69, 9.17) is 0 Å². The van der Waals surface area contributed by atoms with Gasteiger partial charge in [0.2, 0.25) is 0 Å². The van der Waals surface area contributed by atoms with Gasteiger partial charge in [0.25, 0.3) is 17.0 Å². The molecule has 1 aromatic carbocycles. The number of para-hydroxylation sites is 1. The van der Waals surface area contributed by atoms with Crippen molar-refractivity contribution < 1.29 is 15.4 Å². The molecule has 1 fully saturated rings. The molecule has 1 saturated heterocycles. The van der Waals surface area contributed by atoms with Crippen molar-refractivity contribution in [3.63, 3.8) is 0 Å². The molecule has 0 aliphatic carbocycles. The van der Waals surface area contributed by atoms with Crippen molar-refractivity contribution in [1.82, 2.24) is 14.7 Å². The minimum Gasteiger partial charge on any atom is -0.505 e. The first-order valence-corrected chi connectivity index (χ1v) is 8.56. The maximum atomic E-state index is 12.5. The number of carbonyl (C=O) groups is 1. The summed E-state index contributed by atoms with van der Waals surface area (Å²) in [5.41, 5.74) is -0.688. The smallest absolute Gasteiger partial charge is 0.287 e. The Bertz CT molecular complexity index is 947. The summed E-state index contributed by atoms with van der Waals surface area (Å²) in [4.78, 5) is 38.2. The van der Waals surface area contributed by atoms with Crippen molar-refractivity contribution in [1.29, 1.82) is 0 Å². The van der Waals surface area contributed by atoms with Crippen LogP contribution in [0.2, 0.25) is 0 Å². The fraction of sp³-hybridized carbons (Fsp3) is 0.312. The number of hydrogen-bond donors (Lipinski definition) is 3. The number of amides is 1. The van der Waals surface area contributed by atoms with E-state index in [0.717, 1.165) is 17.5 Å². The SMILES string of the molecule is Cn1[nH]c(=O)c(Nc2cccc(C(=O)N3CCCC3)c2O)c(Br)c1=O.O. The van der Waals surface area contributed by atoms with Crippen molar-refractivity contribution in [2.75, 3.05) is 18.4 Å². The molecule has 5 N–H and O–H groups in total. The average molecular weight is 427 g/mol. The van der Waals surface area contributed by atoms with Crippen LogP contribution in [0, 0.1) is 0 Å². The number of likely N-dealkylation sites (tertiary alicyclic amines) is 1. The number of phenols is 1. The minimum atomic E-state index is -0.537. The number of carbonyl (C=O) groups excluding carboxylic acids is 1. The number of rotatable bonds is 3. The Morgan fingerprint density at radius 3 is 2.58 bits per heavy atom. The molecule has 140 valence electrons. The number of anilines is 2. The third-order valence-corrected chi connectivity index (χ3v) is 4.86. The molecule has 9 nitrogen and oxygen atoms in total. The van der Waals surface area contributed by atoms with Gasteiger partial charge in [-0.3, -0.25) is 24.2 Å². The van der Waals surface area contributed by atoms with Gasteiger partial charge in [-0.15, -0.1) is 0 Å². The summed E-state index contributed by atoms with van der Waals surface area (Å²) >= 11 is 3.09. The van der Waals surface area contributed by atoms with E-state index in [-0.39, 0.29) is 38.5 Å². The Morgan fingerprint density at radius 2 is 1.92 bits per heavy atom. The van der Waals surface area contributed by atoms with Gasteiger partial charge in [-0.25, -0.2) is 0 Å². The average Bonchev–Trinajstić information content (AvgIpc) is 3.12. The van der Waals surface area contributed by atoms with Crippen molar-refractivity contribution >= 4 is 33.2 Å². The van der Waals surface area contributed by atoms with Gasteiger partial charge in [0.1, 0.15) is 10.2 Å². The lowest BCUT2D eigenvalue weighted by Gasteiger charge is -2.17. The van der Waals surface area contributed by atoms with Crippen LogP contribution in [-0.4, -0.2) is 44.3 Å². The van der Waals surface area contributed by atoms with Crippen molar-refractivity contribution in [2.24, 2.45) is 7.05 Å². The van der Waals surface area contributed by atoms with E-state index in [2.05, 4.69) is 26.3 Å². The molecule has 26 heavy (non-hydrogen) atoms. The molecular formula is C16H19BrN4O5. The molecule has 2 aromatic rings. The highest BCUT2D eigenvalue weighted by Gasteiger charge is 2.23. The number of benzene rings is 1. The lowest BCUT2D eigenvalue weighted by atomic mass is 10.1. The van der Waals surface area contributed by atoms with E-state index < -0.39 is 11.1 Å². The molecule has 0 radical (unpaired) electrons. The molecule has 3 rings (SSSR count). The number of hydrogen-bond acceptors (Lipinski definition) is 5. The summed E-state index contributed by atoms with van der Waals surface area (Å²) < 4.78 is 1.08. The van der Waals surface area contributed by atoms with Crippen LogP contribution >= 0.6 is 15.9 Å². The van der Waals surface area contributed by atoms with Crippen LogP contribution in [0.5, 0.6) is 5.75 Å². The molecule has 1 aliphatic heterocycles. The van der Waals surface area contributed by atoms with Crippen LogP contribution in [-0.2, 0) is 7.05 Å². The summed E-state index contributed by atoms with van der Waals surface area (Å²) in [6, 6.07) is 4.67. The maximum Gasteiger partial charge on any atom is 0.287 e. The lowest BCUT2D eigenvalue weighted by Crippen LogP contribution is -2.30. The molecule has 0 atom stereocenters. The van der Waals surface area contributed by atoms with Crippen LogP contribution in [0.3, 0.4) is 0 Å². The first kappa shape index (κ1) is 19.7. The third kappa shape index (κ3) is 3.51. The quantitative estimate of drug-likeness (QED) is 0.619. The second kappa shape index (κ2) is 7.75. The second-order valence-electron chi connectivity index (χ2n) is 5.82. The Morgan fingerprint density at radius 1 is 1.27 bits per heavy atom. The summed E-state index contributed by atoms with van der Waals surface area (Å²) in [6.45, 7) is 1.33. The predicted octanol–water partition coefficient (Wildman–Crippen LogP) is 0.697. The minimum absolute atomic E-state index is 0. The number of halogens is 1. The number of aromatic amines is 1. The number of phenolic OH excluding ortho intramolecular Hbond substituents is 1. The number of aromatic nitrogens is 2. The number of nitrogens with zero attached hydrogens (tertiary/aromatic N) is 2. The zero-order chi connectivity index (χ0) is 18.1. The van der Waals surface area contributed by atoms with Crippen LogP contribution < -0.4 is 16.4 Å². The van der Waals surface area contributed by atoms with E-state index in [0.29, 0.717) is 13.1 Å². The molecule has 0 bridgehead atoms. The van der Waals surface area contributed by atoms with Crippen molar-refractivity contribution in [3.8, 4) is 5.75 Å². The van der Waals surface area contributed by atoms with E-state index in [9.17, 15) is 19.5 Å². The van der Waals surface area contributed by atoms with E-state index in [1.165, 1.54) is 19.2 Å². The van der Waals surface area contributed by atoms with Gasteiger partial charge in [0.05, 0.1) is 11.3 Å². The second-order valence-corrected chi connectivity index (χ2v) is 6.61. The van der Waals surface area contributed by atoms with Gasteiger partial charge in [0.15, 0.2) is 5.75 Å². The van der Waals surface area contributed by atoms with E-state index >= 15 is 0 Å². The molecule has 1 amide bonds. The normalized spacial score (nSPS) is 13.4. The Hall–Kier alpha value is -2.59. The highest BCUT2D eigenvalue weighted by Crippen LogP contribution is 2.32. The summed E-state index contributed by atoms with van der Waals surface area (Å²) in [7, 11) is 1.42.